The van der Waals surface area contributed by atoms with E-state index in [4.69, 9.17) is 9.47 Å². The first-order valence-electron chi connectivity index (χ1n) is 7.74. The minimum Gasteiger partial charge on any atom is -0.550 e. The van der Waals surface area contributed by atoms with Gasteiger partial charge in [-0.15, -0.1) is 11.3 Å². The molecular weight excluding hydrogens is 326 g/mol. The quantitative estimate of drug-likeness (QED) is 0.768. The Balaban J connectivity index is 2.01. The molecule has 0 aliphatic heterocycles. The number of aliphatic carboxylic acids is 1. The highest BCUT2D eigenvalue weighted by Gasteiger charge is 2.20. The lowest BCUT2D eigenvalue weighted by atomic mass is 9.86. The van der Waals surface area contributed by atoms with Crippen LogP contribution in [0.3, 0.4) is 0 Å². The van der Waals surface area contributed by atoms with Crippen LogP contribution in [0.15, 0.2) is 23.6 Å². The van der Waals surface area contributed by atoms with Crippen molar-refractivity contribution >= 4 is 17.3 Å². The average molecular weight is 348 g/mol. The van der Waals surface area contributed by atoms with Crippen molar-refractivity contribution in [3.63, 3.8) is 0 Å². The van der Waals surface area contributed by atoms with Crippen LogP contribution in [0.25, 0.3) is 0 Å². The zero-order chi connectivity index (χ0) is 17.7. The summed E-state index contributed by atoms with van der Waals surface area (Å²) in [6.07, 6.45) is 0.483. The first kappa shape index (κ1) is 18.3. The van der Waals surface area contributed by atoms with Crippen molar-refractivity contribution in [2.45, 2.75) is 39.0 Å². The Labute approximate surface area is 146 Å². The van der Waals surface area contributed by atoms with Crippen molar-refractivity contribution in [2.75, 3.05) is 13.7 Å². The average Bonchev–Trinajstić information content (AvgIpc) is 2.93. The van der Waals surface area contributed by atoms with Gasteiger partial charge in [-0.2, -0.15) is 0 Å². The van der Waals surface area contributed by atoms with E-state index in [1.54, 1.807) is 12.5 Å². The standard InChI is InChI=1S/C18H23NO4S/c1-18(2,3)14-10-13(22-4)5-6-15(14)23-8-7-16-19-12(11-24-16)9-17(20)21/h5-6,10-11H,7-9H2,1-4H3,(H,20,21)/p-1. The summed E-state index contributed by atoms with van der Waals surface area (Å²) in [7, 11) is 1.65. The number of thiazole rings is 1. The number of hydrogen-bond donors (Lipinski definition) is 0. The van der Waals surface area contributed by atoms with Crippen LogP contribution < -0.4 is 14.6 Å². The number of benzene rings is 1. The molecule has 0 saturated heterocycles. The number of aromatic nitrogens is 1. The summed E-state index contributed by atoms with van der Waals surface area (Å²) in [6, 6.07) is 5.80. The SMILES string of the molecule is COc1ccc(OCCc2nc(CC(=O)[O-])cs2)c(C(C)(C)C)c1. The van der Waals surface area contributed by atoms with Gasteiger partial charge in [0.1, 0.15) is 11.5 Å². The minimum absolute atomic E-state index is 0.0628. The van der Waals surface area contributed by atoms with E-state index in [1.807, 2.05) is 18.2 Å². The van der Waals surface area contributed by atoms with E-state index in [0.29, 0.717) is 18.7 Å². The third kappa shape index (κ3) is 4.96. The van der Waals surface area contributed by atoms with Gasteiger partial charge < -0.3 is 19.4 Å². The van der Waals surface area contributed by atoms with E-state index >= 15 is 0 Å². The molecule has 5 nitrogen and oxygen atoms in total. The fraction of sp³-hybridized carbons (Fsp3) is 0.444. The summed E-state index contributed by atoms with van der Waals surface area (Å²) in [6.45, 7) is 6.86. The lowest BCUT2D eigenvalue weighted by molar-refractivity contribution is -0.304. The monoisotopic (exact) mass is 348 g/mol. The van der Waals surface area contributed by atoms with E-state index < -0.39 is 5.97 Å². The second-order valence-corrected chi connectivity index (χ2v) is 7.43. The van der Waals surface area contributed by atoms with Crippen LogP contribution in [0, 0.1) is 0 Å². The number of carbonyl (C=O) groups is 1. The Hall–Kier alpha value is -2.08. The molecule has 0 N–H and O–H groups in total. The van der Waals surface area contributed by atoms with Crippen molar-refractivity contribution in [3.8, 4) is 11.5 Å². The molecule has 0 fully saturated rings. The zero-order valence-corrected chi connectivity index (χ0v) is 15.2. The molecule has 1 aromatic carbocycles. The second kappa shape index (κ2) is 7.66. The normalized spacial score (nSPS) is 11.3. The molecule has 0 bridgehead atoms. The third-order valence-corrected chi connectivity index (χ3v) is 4.45. The summed E-state index contributed by atoms with van der Waals surface area (Å²) >= 11 is 1.44. The Bertz CT molecular complexity index is 703. The molecule has 0 amide bonds. The van der Waals surface area contributed by atoms with E-state index in [1.165, 1.54) is 11.3 Å². The predicted molar refractivity (Wildman–Crippen MR) is 91.7 cm³/mol. The van der Waals surface area contributed by atoms with E-state index in [-0.39, 0.29) is 11.8 Å². The van der Waals surface area contributed by atoms with Crippen molar-refractivity contribution in [1.82, 2.24) is 4.98 Å². The van der Waals surface area contributed by atoms with Crippen molar-refractivity contribution in [1.29, 1.82) is 0 Å². The Morgan fingerprint density at radius 3 is 2.71 bits per heavy atom. The Morgan fingerprint density at radius 1 is 1.33 bits per heavy atom. The number of ether oxygens (including phenoxy) is 2. The van der Waals surface area contributed by atoms with Crippen LogP contribution in [0.2, 0.25) is 0 Å². The second-order valence-electron chi connectivity index (χ2n) is 6.49. The number of nitrogens with zero attached hydrogens (tertiary/aromatic N) is 1. The van der Waals surface area contributed by atoms with Crippen LogP contribution in [-0.2, 0) is 23.1 Å². The maximum atomic E-state index is 10.6. The minimum atomic E-state index is -1.11. The van der Waals surface area contributed by atoms with Crippen LogP contribution in [0.4, 0.5) is 0 Å². The fourth-order valence-electron chi connectivity index (χ4n) is 2.29. The smallest absolute Gasteiger partial charge is 0.123 e. The molecule has 0 aliphatic carbocycles. The molecule has 130 valence electrons. The topological polar surface area (TPSA) is 71.5 Å². The maximum absolute atomic E-state index is 10.6. The maximum Gasteiger partial charge on any atom is 0.123 e. The molecule has 2 aromatic rings. The summed E-state index contributed by atoms with van der Waals surface area (Å²) in [5.74, 6) is 0.519. The first-order chi connectivity index (χ1) is 11.3. The number of carbonyl (C=O) groups excluding carboxylic acids is 1. The molecule has 6 heteroatoms. The molecule has 0 aliphatic rings. The lowest BCUT2D eigenvalue weighted by Gasteiger charge is -2.23. The van der Waals surface area contributed by atoms with Gasteiger partial charge in [-0.25, -0.2) is 4.98 Å². The van der Waals surface area contributed by atoms with Crippen LogP contribution in [0.1, 0.15) is 37.0 Å². The van der Waals surface area contributed by atoms with Crippen molar-refractivity contribution < 1.29 is 19.4 Å². The van der Waals surface area contributed by atoms with Crippen molar-refractivity contribution in [2.24, 2.45) is 0 Å². The highest BCUT2D eigenvalue weighted by Crippen LogP contribution is 2.34. The van der Waals surface area contributed by atoms with E-state index in [9.17, 15) is 9.90 Å². The summed E-state index contributed by atoms with van der Waals surface area (Å²) in [5, 5.41) is 13.2. The Morgan fingerprint density at radius 2 is 2.08 bits per heavy atom. The fourth-order valence-corrected chi connectivity index (χ4v) is 3.07. The number of rotatable bonds is 7. The number of carboxylic acids is 1. The zero-order valence-electron chi connectivity index (χ0n) is 14.4. The van der Waals surface area contributed by atoms with Crippen LogP contribution in [-0.4, -0.2) is 24.7 Å². The van der Waals surface area contributed by atoms with Gasteiger partial charge in [0, 0.05) is 29.8 Å². The molecule has 0 saturated carbocycles. The summed E-state index contributed by atoms with van der Waals surface area (Å²) in [4.78, 5) is 14.9. The van der Waals surface area contributed by atoms with Gasteiger partial charge in [-0.3, -0.25) is 0 Å². The van der Waals surface area contributed by atoms with Gasteiger partial charge in [0.15, 0.2) is 0 Å². The molecule has 0 spiro atoms. The van der Waals surface area contributed by atoms with E-state index in [2.05, 4.69) is 25.8 Å². The number of methoxy groups -OCH3 is 1. The highest BCUT2D eigenvalue weighted by atomic mass is 32.1. The van der Waals surface area contributed by atoms with Crippen molar-refractivity contribution in [3.05, 3.63) is 39.8 Å². The molecule has 0 radical (unpaired) electrons. The molecular formula is C18H22NO4S-. The molecule has 0 atom stereocenters. The van der Waals surface area contributed by atoms with Gasteiger partial charge in [0.05, 0.1) is 24.4 Å². The van der Waals surface area contributed by atoms with Gasteiger partial charge >= 0.3 is 0 Å². The molecule has 1 aromatic heterocycles. The third-order valence-electron chi connectivity index (χ3n) is 3.49. The largest absolute Gasteiger partial charge is 0.550 e. The van der Waals surface area contributed by atoms with Gasteiger partial charge in [0.2, 0.25) is 0 Å². The first-order valence-corrected chi connectivity index (χ1v) is 8.62. The lowest BCUT2D eigenvalue weighted by Crippen LogP contribution is -2.24. The highest BCUT2D eigenvalue weighted by molar-refractivity contribution is 7.09. The van der Waals surface area contributed by atoms with Crippen LogP contribution in [0.5, 0.6) is 11.5 Å². The molecule has 2 rings (SSSR count). The predicted octanol–water partition coefficient (Wildman–Crippen LogP) is 2.36. The molecule has 0 unspecified atom stereocenters. The summed E-state index contributed by atoms with van der Waals surface area (Å²) < 4.78 is 11.2. The van der Waals surface area contributed by atoms with Gasteiger partial charge in [-0.1, -0.05) is 20.8 Å². The van der Waals surface area contributed by atoms with Crippen LogP contribution >= 0.6 is 11.3 Å². The molecule has 1 heterocycles. The van der Waals surface area contributed by atoms with E-state index in [0.717, 1.165) is 22.1 Å². The molecule has 24 heavy (non-hydrogen) atoms. The summed E-state index contributed by atoms with van der Waals surface area (Å²) in [5.41, 5.74) is 1.56. The van der Waals surface area contributed by atoms with Gasteiger partial charge in [-0.05, 0) is 23.6 Å². The van der Waals surface area contributed by atoms with Gasteiger partial charge in [0.25, 0.3) is 0 Å². The number of carboxylic acid groups (broad SMARTS) is 1. The number of hydrogen-bond acceptors (Lipinski definition) is 6. The Kier molecular flexibility index (Phi) is 5.83.